The molecule has 0 heterocycles. The number of carboxylic acids is 1. The number of amides is 1. The maximum Gasteiger partial charge on any atom is 0.326 e. The van der Waals surface area contributed by atoms with Gasteiger partial charge >= 0.3 is 5.97 Å². The van der Waals surface area contributed by atoms with Crippen molar-refractivity contribution in [1.82, 2.24) is 5.32 Å². The lowest BCUT2D eigenvalue weighted by Crippen LogP contribution is -2.49. The molecule has 104 valence electrons. The van der Waals surface area contributed by atoms with Crippen LogP contribution in [0.5, 0.6) is 11.5 Å². The summed E-state index contributed by atoms with van der Waals surface area (Å²) in [6, 6.07) is 2.30. The van der Waals surface area contributed by atoms with Gasteiger partial charge in [0.1, 0.15) is 17.5 Å². The molecule has 6 nitrogen and oxygen atoms in total. The Morgan fingerprint density at radius 3 is 1.95 bits per heavy atom. The molecule has 0 saturated heterocycles. The van der Waals surface area contributed by atoms with E-state index in [1.165, 1.54) is 0 Å². The van der Waals surface area contributed by atoms with Crippen LogP contribution in [-0.4, -0.2) is 33.2 Å². The van der Waals surface area contributed by atoms with Crippen LogP contribution in [0.4, 0.5) is 0 Å². The van der Waals surface area contributed by atoms with Gasteiger partial charge in [-0.25, -0.2) is 4.79 Å². The lowest BCUT2D eigenvalue weighted by Gasteiger charge is -2.27. The number of hydrogen-bond donors (Lipinski definition) is 4. The van der Waals surface area contributed by atoms with E-state index in [-0.39, 0.29) is 17.1 Å². The van der Waals surface area contributed by atoms with E-state index in [1.54, 1.807) is 20.8 Å². The predicted octanol–water partition coefficient (Wildman–Crippen LogP) is 1.33. The monoisotopic (exact) mass is 267 g/mol. The zero-order valence-electron chi connectivity index (χ0n) is 11.0. The van der Waals surface area contributed by atoms with Crippen LogP contribution in [0.25, 0.3) is 0 Å². The van der Waals surface area contributed by atoms with Crippen LogP contribution in [0.3, 0.4) is 0 Å². The first kappa shape index (κ1) is 14.8. The van der Waals surface area contributed by atoms with Gasteiger partial charge < -0.3 is 20.6 Å². The molecule has 0 saturated carbocycles. The third-order valence-corrected chi connectivity index (χ3v) is 2.55. The van der Waals surface area contributed by atoms with Crippen LogP contribution >= 0.6 is 0 Å². The molecule has 0 aliphatic carbocycles. The minimum absolute atomic E-state index is 0.00648. The van der Waals surface area contributed by atoms with Gasteiger partial charge in [0.2, 0.25) is 0 Å². The largest absolute Gasteiger partial charge is 0.508 e. The van der Waals surface area contributed by atoms with Gasteiger partial charge in [0.05, 0.1) is 0 Å². The van der Waals surface area contributed by atoms with E-state index in [9.17, 15) is 19.8 Å². The summed E-state index contributed by atoms with van der Waals surface area (Å²) in [5.74, 6) is -2.36. The molecule has 0 bridgehead atoms. The average Bonchev–Trinajstić information content (AvgIpc) is 2.21. The highest BCUT2D eigenvalue weighted by Gasteiger charge is 2.32. The molecule has 0 spiro atoms. The van der Waals surface area contributed by atoms with Crippen LogP contribution in [-0.2, 0) is 4.79 Å². The van der Waals surface area contributed by atoms with E-state index in [4.69, 9.17) is 5.11 Å². The molecule has 1 rings (SSSR count). The second-order valence-electron chi connectivity index (χ2n) is 5.35. The van der Waals surface area contributed by atoms with E-state index in [0.29, 0.717) is 0 Å². The summed E-state index contributed by atoms with van der Waals surface area (Å²) < 4.78 is 0. The lowest BCUT2D eigenvalue weighted by molar-refractivity contribution is -0.142. The van der Waals surface area contributed by atoms with Crippen molar-refractivity contribution in [2.45, 2.75) is 26.8 Å². The Hall–Kier alpha value is -2.24. The van der Waals surface area contributed by atoms with Crippen molar-refractivity contribution in [2.75, 3.05) is 0 Å². The summed E-state index contributed by atoms with van der Waals surface area (Å²) in [6.45, 7) is 5.06. The summed E-state index contributed by atoms with van der Waals surface area (Å²) in [5.41, 5.74) is -0.673. The van der Waals surface area contributed by atoms with Gasteiger partial charge in [0.25, 0.3) is 5.91 Å². The van der Waals surface area contributed by atoms with Crippen molar-refractivity contribution in [3.8, 4) is 11.5 Å². The number of aromatic hydroxyl groups is 2. The van der Waals surface area contributed by atoms with E-state index >= 15 is 0 Å². The first-order valence-corrected chi connectivity index (χ1v) is 5.68. The average molecular weight is 267 g/mol. The molecule has 0 aliphatic heterocycles. The number of phenolic OH excluding ortho intramolecular Hbond substituents is 2. The summed E-state index contributed by atoms with van der Waals surface area (Å²) >= 11 is 0. The number of hydrogen-bond acceptors (Lipinski definition) is 4. The van der Waals surface area contributed by atoms with Crippen molar-refractivity contribution < 1.29 is 24.9 Å². The molecule has 4 N–H and O–H groups in total. The van der Waals surface area contributed by atoms with Crippen LogP contribution < -0.4 is 5.32 Å². The van der Waals surface area contributed by atoms with Gasteiger partial charge in [-0.05, 0) is 17.5 Å². The Balaban J connectivity index is 2.97. The number of nitrogens with one attached hydrogen (secondary N) is 1. The summed E-state index contributed by atoms with van der Waals surface area (Å²) in [6.07, 6.45) is 0. The number of phenols is 2. The Labute approximate surface area is 110 Å². The standard InChI is InChI=1S/C13H17NO5/c1-13(2,3)10(12(18)19)14-11(17)7-4-8(15)6-9(16)5-7/h4-6,10,15-16H,1-3H3,(H,14,17)(H,18,19). The van der Waals surface area contributed by atoms with E-state index < -0.39 is 23.3 Å². The number of carbonyl (C=O) groups excluding carboxylic acids is 1. The maximum atomic E-state index is 11.9. The number of carboxylic acid groups (broad SMARTS) is 1. The van der Waals surface area contributed by atoms with Gasteiger partial charge in [0, 0.05) is 11.6 Å². The highest BCUT2D eigenvalue weighted by Crippen LogP contribution is 2.22. The molecule has 1 unspecified atom stereocenters. The van der Waals surface area contributed by atoms with Crippen molar-refractivity contribution in [1.29, 1.82) is 0 Å². The van der Waals surface area contributed by atoms with Crippen molar-refractivity contribution >= 4 is 11.9 Å². The third kappa shape index (κ3) is 3.87. The van der Waals surface area contributed by atoms with Crippen molar-refractivity contribution in [3.63, 3.8) is 0 Å². The second kappa shape index (κ2) is 5.17. The van der Waals surface area contributed by atoms with Gasteiger partial charge in [-0.3, -0.25) is 4.79 Å². The molecule has 6 heteroatoms. The number of benzene rings is 1. The molecule has 1 atom stereocenters. The Bertz CT molecular complexity index is 484. The maximum absolute atomic E-state index is 11.9. The fourth-order valence-corrected chi connectivity index (χ4v) is 1.59. The molecule has 0 fully saturated rings. The van der Waals surface area contributed by atoms with Crippen LogP contribution in [0.1, 0.15) is 31.1 Å². The first-order valence-electron chi connectivity index (χ1n) is 5.68. The van der Waals surface area contributed by atoms with E-state index in [2.05, 4.69) is 5.32 Å². The molecular formula is C13H17NO5. The van der Waals surface area contributed by atoms with E-state index in [0.717, 1.165) is 18.2 Å². The zero-order valence-corrected chi connectivity index (χ0v) is 11.0. The highest BCUT2D eigenvalue weighted by atomic mass is 16.4. The Morgan fingerprint density at radius 2 is 1.58 bits per heavy atom. The quantitative estimate of drug-likeness (QED) is 0.661. The van der Waals surface area contributed by atoms with Crippen molar-refractivity contribution in [3.05, 3.63) is 23.8 Å². The first-order chi connectivity index (χ1) is 8.61. The van der Waals surface area contributed by atoms with Gasteiger partial charge in [-0.1, -0.05) is 20.8 Å². The smallest absolute Gasteiger partial charge is 0.326 e. The fraction of sp³-hybridized carbons (Fsp3) is 0.385. The molecule has 0 radical (unpaired) electrons. The zero-order chi connectivity index (χ0) is 14.8. The summed E-state index contributed by atoms with van der Waals surface area (Å²) in [5, 5.41) is 30.0. The fourth-order valence-electron chi connectivity index (χ4n) is 1.59. The predicted molar refractivity (Wildman–Crippen MR) is 68.1 cm³/mol. The molecule has 1 aromatic carbocycles. The van der Waals surface area contributed by atoms with Gasteiger partial charge in [-0.2, -0.15) is 0 Å². The van der Waals surface area contributed by atoms with Crippen LogP contribution in [0.15, 0.2) is 18.2 Å². The molecule has 0 aliphatic rings. The Morgan fingerprint density at radius 1 is 1.11 bits per heavy atom. The van der Waals surface area contributed by atoms with Gasteiger partial charge in [0.15, 0.2) is 0 Å². The van der Waals surface area contributed by atoms with Gasteiger partial charge in [-0.15, -0.1) is 0 Å². The molecule has 19 heavy (non-hydrogen) atoms. The van der Waals surface area contributed by atoms with Crippen molar-refractivity contribution in [2.24, 2.45) is 5.41 Å². The van der Waals surface area contributed by atoms with E-state index in [1.807, 2.05) is 0 Å². The molecule has 0 aromatic heterocycles. The number of carbonyl (C=O) groups is 2. The normalized spacial score (nSPS) is 12.8. The summed E-state index contributed by atoms with van der Waals surface area (Å²) in [4.78, 5) is 23.0. The summed E-state index contributed by atoms with van der Waals surface area (Å²) in [7, 11) is 0. The second-order valence-corrected chi connectivity index (χ2v) is 5.35. The van der Waals surface area contributed by atoms with Crippen LogP contribution in [0.2, 0.25) is 0 Å². The van der Waals surface area contributed by atoms with Crippen LogP contribution in [0, 0.1) is 5.41 Å². The minimum atomic E-state index is -1.15. The molecule has 1 amide bonds. The molecular weight excluding hydrogens is 250 g/mol. The topological polar surface area (TPSA) is 107 Å². The lowest BCUT2D eigenvalue weighted by atomic mass is 9.86. The number of aliphatic carboxylic acids is 1. The third-order valence-electron chi connectivity index (χ3n) is 2.55. The Kier molecular flexibility index (Phi) is 4.04. The number of rotatable bonds is 3. The highest BCUT2D eigenvalue weighted by molar-refractivity contribution is 5.97. The minimum Gasteiger partial charge on any atom is -0.508 e. The molecule has 1 aromatic rings. The SMILES string of the molecule is CC(C)(C)C(NC(=O)c1cc(O)cc(O)c1)C(=O)O.